The second kappa shape index (κ2) is 12.6. The molecule has 6 heteroatoms. The van der Waals surface area contributed by atoms with Gasteiger partial charge in [-0.3, -0.25) is 4.79 Å². The summed E-state index contributed by atoms with van der Waals surface area (Å²) in [5.74, 6) is 1.93. The summed E-state index contributed by atoms with van der Waals surface area (Å²) in [6.07, 6.45) is 4.76. The van der Waals surface area contributed by atoms with Crippen molar-refractivity contribution in [1.82, 2.24) is 14.9 Å². The van der Waals surface area contributed by atoms with Gasteiger partial charge in [0.1, 0.15) is 11.6 Å². The highest BCUT2D eigenvalue weighted by Crippen LogP contribution is 2.22. The average molecular weight is 526 g/mol. The van der Waals surface area contributed by atoms with Crippen LogP contribution in [0.4, 0.5) is 0 Å². The summed E-state index contributed by atoms with van der Waals surface area (Å²) in [5.41, 5.74) is 2.80. The fourth-order valence-electron chi connectivity index (χ4n) is 4.75. The maximum Gasteiger partial charge on any atom is 0.251 e. The van der Waals surface area contributed by atoms with Crippen LogP contribution >= 0.6 is 11.6 Å². The van der Waals surface area contributed by atoms with Crippen LogP contribution in [-0.4, -0.2) is 28.6 Å². The third kappa shape index (κ3) is 6.53. The maximum atomic E-state index is 12.3. The fourth-order valence-corrected chi connectivity index (χ4v) is 4.94. The molecule has 5 nitrogen and oxygen atoms in total. The predicted octanol–water partition coefficient (Wildman–Crippen LogP) is 7.45. The molecule has 1 N–H and O–H groups in total. The minimum atomic E-state index is -0.0831. The van der Waals surface area contributed by atoms with Crippen molar-refractivity contribution in [2.45, 2.75) is 38.6 Å². The zero-order valence-corrected chi connectivity index (χ0v) is 22.2. The summed E-state index contributed by atoms with van der Waals surface area (Å²) >= 11 is 5.98. The molecule has 0 unspecified atom stereocenters. The number of carbonyl (C=O) groups is 1. The van der Waals surface area contributed by atoms with E-state index >= 15 is 0 Å². The first kappa shape index (κ1) is 25.8. The van der Waals surface area contributed by atoms with E-state index in [1.807, 2.05) is 12.1 Å². The van der Waals surface area contributed by atoms with Crippen LogP contribution in [0.2, 0.25) is 5.02 Å². The number of nitrogens with zero attached hydrogens (tertiary/aromatic N) is 2. The van der Waals surface area contributed by atoms with E-state index in [-0.39, 0.29) is 5.91 Å². The normalized spacial score (nSPS) is 11.2. The lowest BCUT2D eigenvalue weighted by atomic mass is 10.1. The number of aromatic nitrogens is 2. The molecule has 0 bridgehead atoms. The number of hydrogen-bond donors (Lipinski definition) is 1. The van der Waals surface area contributed by atoms with Crippen molar-refractivity contribution in [3.05, 3.63) is 107 Å². The molecule has 5 aromatic rings. The van der Waals surface area contributed by atoms with E-state index < -0.39 is 0 Å². The van der Waals surface area contributed by atoms with Crippen molar-refractivity contribution in [2.24, 2.45) is 0 Å². The van der Waals surface area contributed by atoms with Gasteiger partial charge in [0.15, 0.2) is 0 Å². The number of ether oxygens (including phenoxy) is 1. The fraction of sp³-hybridized carbons (Fsp3) is 0.250. The van der Waals surface area contributed by atoms with E-state index in [1.54, 1.807) is 24.3 Å². The van der Waals surface area contributed by atoms with Crippen LogP contribution in [-0.2, 0) is 13.0 Å². The van der Waals surface area contributed by atoms with Gasteiger partial charge in [0.2, 0.25) is 0 Å². The Kier molecular flexibility index (Phi) is 8.56. The van der Waals surface area contributed by atoms with Crippen molar-refractivity contribution in [3.63, 3.8) is 0 Å². The number of amides is 1. The Morgan fingerprint density at radius 2 is 1.68 bits per heavy atom. The number of para-hydroxylation sites is 2. The molecule has 4 aromatic carbocycles. The Morgan fingerprint density at radius 3 is 2.58 bits per heavy atom. The zero-order chi connectivity index (χ0) is 26.2. The van der Waals surface area contributed by atoms with Gasteiger partial charge >= 0.3 is 0 Å². The lowest BCUT2D eigenvalue weighted by molar-refractivity contribution is 0.0953. The van der Waals surface area contributed by atoms with E-state index in [1.165, 1.54) is 16.3 Å². The number of halogens is 1. The highest BCUT2D eigenvalue weighted by molar-refractivity contribution is 6.30. The summed E-state index contributed by atoms with van der Waals surface area (Å²) in [7, 11) is 0. The molecule has 0 saturated heterocycles. The average Bonchev–Trinajstić information content (AvgIpc) is 3.30. The molecular formula is C32H32ClN3O2. The highest BCUT2D eigenvalue weighted by Gasteiger charge is 2.11. The SMILES string of the molecule is O=C(NCCCCCc1nc2ccccc2n1CCCOc1ccc2ccccc2c1)c1cccc(Cl)c1. The molecule has 0 fully saturated rings. The van der Waals surface area contributed by atoms with Crippen molar-refractivity contribution in [2.75, 3.05) is 13.2 Å². The number of imidazole rings is 1. The molecule has 0 spiro atoms. The van der Waals surface area contributed by atoms with Crippen LogP contribution in [0.5, 0.6) is 5.75 Å². The van der Waals surface area contributed by atoms with Crippen LogP contribution < -0.4 is 10.1 Å². The zero-order valence-electron chi connectivity index (χ0n) is 21.4. The molecule has 1 aromatic heterocycles. The van der Waals surface area contributed by atoms with Gasteiger partial charge in [-0.15, -0.1) is 0 Å². The Labute approximate surface area is 228 Å². The molecule has 0 saturated carbocycles. The molecule has 194 valence electrons. The number of carbonyl (C=O) groups excluding carboxylic acids is 1. The van der Waals surface area contributed by atoms with Gasteiger partial charge in [-0.1, -0.05) is 66.6 Å². The third-order valence-corrected chi connectivity index (χ3v) is 6.93. The van der Waals surface area contributed by atoms with Crippen LogP contribution in [0.25, 0.3) is 21.8 Å². The summed E-state index contributed by atoms with van der Waals surface area (Å²) in [4.78, 5) is 17.2. The number of aryl methyl sites for hydroxylation is 2. The predicted molar refractivity (Wildman–Crippen MR) is 155 cm³/mol. The van der Waals surface area contributed by atoms with Gasteiger partial charge in [-0.2, -0.15) is 0 Å². The number of hydrogen-bond acceptors (Lipinski definition) is 3. The molecule has 0 atom stereocenters. The molecular weight excluding hydrogens is 494 g/mol. The van der Waals surface area contributed by atoms with Crippen LogP contribution in [0.3, 0.4) is 0 Å². The van der Waals surface area contributed by atoms with E-state index in [4.69, 9.17) is 21.3 Å². The van der Waals surface area contributed by atoms with Crippen molar-refractivity contribution < 1.29 is 9.53 Å². The van der Waals surface area contributed by atoms with Gasteiger partial charge in [-0.05, 0) is 72.5 Å². The molecule has 0 aliphatic heterocycles. The van der Waals surface area contributed by atoms with Gasteiger partial charge in [0, 0.05) is 30.1 Å². The molecule has 1 amide bonds. The summed E-state index contributed by atoms with van der Waals surface area (Å²) in [5, 5.41) is 5.96. The number of rotatable bonds is 12. The Hall–Kier alpha value is -3.83. The second-order valence-electron chi connectivity index (χ2n) is 9.46. The Morgan fingerprint density at radius 1 is 0.842 bits per heavy atom. The first-order chi connectivity index (χ1) is 18.7. The minimum absolute atomic E-state index is 0.0831. The number of unbranched alkanes of at least 4 members (excludes halogenated alkanes) is 2. The van der Waals surface area contributed by atoms with E-state index in [0.29, 0.717) is 23.7 Å². The smallest absolute Gasteiger partial charge is 0.251 e. The summed E-state index contributed by atoms with van der Waals surface area (Å²) < 4.78 is 8.41. The van der Waals surface area contributed by atoms with Gasteiger partial charge < -0.3 is 14.6 Å². The first-order valence-electron chi connectivity index (χ1n) is 13.3. The monoisotopic (exact) mass is 525 g/mol. The summed E-state index contributed by atoms with van der Waals surface area (Å²) in [6, 6.07) is 29.9. The molecule has 0 aliphatic carbocycles. The molecule has 0 aliphatic rings. The minimum Gasteiger partial charge on any atom is -0.494 e. The lowest BCUT2D eigenvalue weighted by Gasteiger charge is -2.11. The Bertz CT molecular complexity index is 1530. The van der Waals surface area contributed by atoms with E-state index in [9.17, 15) is 4.79 Å². The van der Waals surface area contributed by atoms with Crippen molar-refractivity contribution in [1.29, 1.82) is 0 Å². The molecule has 5 rings (SSSR count). The molecule has 1 heterocycles. The van der Waals surface area contributed by atoms with Crippen molar-refractivity contribution >= 4 is 39.3 Å². The van der Waals surface area contributed by atoms with Crippen molar-refractivity contribution in [3.8, 4) is 5.75 Å². The van der Waals surface area contributed by atoms with E-state index in [0.717, 1.165) is 55.7 Å². The van der Waals surface area contributed by atoms with Crippen LogP contribution in [0, 0.1) is 0 Å². The standard InChI is InChI=1S/C32H32ClN3O2/c33-27-13-8-12-26(22-27)32(37)34-19-7-1-2-16-31-35-29-14-5-6-15-30(29)36(31)20-9-21-38-28-18-17-24-10-3-4-11-25(24)23-28/h3-6,8,10-15,17-18,22-23H,1-2,7,9,16,19-21H2,(H,34,37). The third-order valence-electron chi connectivity index (χ3n) is 6.70. The van der Waals surface area contributed by atoms with Crippen LogP contribution in [0.1, 0.15) is 41.9 Å². The van der Waals surface area contributed by atoms with E-state index in [2.05, 4.69) is 64.5 Å². The number of nitrogens with one attached hydrogen (secondary N) is 1. The second-order valence-corrected chi connectivity index (χ2v) is 9.89. The van der Waals surface area contributed by atoms with Gasteiger partial charge in [0.25, 0.3) is 5.91 Å². The molecule has 38 heavy (non-hydrogen) atoms. The number of fused-ring (bicyclic) bond motifs is 2. The highest BCUT2D eigenvalue weighted by atomic mass is 35.5. The van der Waals surface area contributed by atoms with Gasteiger partial charge in [-0.25, -0.2) is 4.98 Å². The quantitative estimate of drug-likeness (QED) is 0.172. The lowest BCUT2D eigenvalue weighted by Crippen LogP contribution is -2.24. The largest absolute Gasteiger partial charge is 0.494 e. The maximum absolute atomic E-state index is 12.3. The number of benzene rings is 4. The van der Waals surface area contributed by atoms with Crippen LogP contribution in [0.15, 0.2) is 91.0 Å². The Balaban J connectivity index is 1.10. The topological polar surface area (TPSA) is 56.2 Å². The van der Waals surface area contributed by atoms with Gasteiger partial charge in [0.05, 0.1) is 17.6 Å². The first-order valence-corrected chi connectivity index (χ1v) is 13.6. The molecule has 0 radical (unpaired) electrons. The summed E-state index contributed by atoms with van der Waals surface area (Å²) in [6.45, 7) is 2.16.